The Labute approximate surface area is 146 Å². The van der Waals surface area contributed by atoms with Crippen LogP contribution in [0.5, 0.6) is 0 Å². The molecule has 1 aromatic carbocycles. The van der Waals surface area contributed by atoms with E-state index in [0.29, 0.717) is 12.8 Å². The normalized spacial score (nSPS) is 12.1. The van der Waals surface area contributed by atoms with Gasteiger partial charge in [0, 0.05) is 31.4 Å². The number of benzene rings is 1. The van der Waals surface area contributed by atoms with Gasteiger partial charge in [0.05, 0.1) is 5.69 Å². The summed E-state index contributed by atoms with van der Waals surface area (Å²) in [6.45, 7) is 3.76. The zero-order valence-electron chi connectivity index (χ0n) is 14.7. The molecule has 3 aromatic rings. The maximum atomic E-state index is 12.6. The molecule has 25 heavy (non-hydrogen) atoms. The van der Waals surface area contributed by atoms with Gasteiger partial charge in [0.1, 0.15) is 17.6 Å². The average Bonchev–Trinajstić information content (AvgIpc) is 3.17. The number of carbonyl (C=O) groups excluding carboxylic acids is 1. The predicted octanol–water partition coefficient (Wildman–Crippen LogP) is 2.86. The molecular formula is C19H22N4O2. The van der Waals surface area contributed by atoms with Crippen molar-refractivity contribution in [3.63, 3.8) is 0 Å². The van der Waals surface area contributed by atoms with E-state index < -0.39 is 0 Å². The van der Waals surface area contributed by atoms with Gasteiger partial charge in [-0.15, -0.1) is 0 Å². The van der Waals surface area contributed by atoms with Crippen LogP contribution in [0.4, 0.5) is 0 Å². The molecule has 1 atom stereocenters. The lowest BCUT2D eigenvalue weighted by Gasteiger charge is -2.19. The SMILES string of the molecule is Cc1noc(C)c1CCC(=O)N[C@@H](c1ccccc1)c1nccn1C. The monoisotopic (exact) mass is 338 g/mol. The van der Waals surface area contributed by atoms with Crippen molar-refractivity contribution in [3.8, 4) is 0 Å². The third-order valence-corrected chi connectivity index (χ3v) is 4.34. The van der Waals surface area contributed by atoms with Crippen LogP contribution >= 0.6 is 0 Å². The first kappa shape index (κ1) is 17.0. The van der Waals surface area contributed by atoms with Crippen LogP contribution < -0.4 is 5.32 Å². The second kappa shape index (κ2) is 7.34. The molecule has 0 bridgehead atoms. The van der Waals surface area contributed by atoms with E-state index in [1.165, 1.54) is 0 Å². The van der Waals surface area contributed by atoms with Gasteiger partial charge in [0.25, 0.3) is 0 Å². The largest absolute Gasteiger partial charge is 0.361 e. The van der Waals surface area contributed by atoms with E-state index in [4.69, 9.17) is 4.52 Å². The molecule has 0 saturated heterocycles. The number of imidazole rings is 1. The number of hydrogen-bond acceptors (Lipinski definition) is 4. The fraction of sp³-hybridized carbons (Fsp3) is 0.316. The van der Waals surface area contributed by atoms with Gasteiger partial charge in [-0.2, -0.15) is 0 Å². The van der Waals surface area contributed by atoms with Crippen LogP contribution in [0.15, 0.2) is 47.2 Å². The Hall–Kier alpha value is -2.89. The highest BCUT2D eigenvalue weighted by Crippen LogP contribution is 2.21. The first-order valence-electron chi connectivity index (χ1n) is 8.29. The molecule has 6 heteroatoms. The summed E-state index contributed by atoms with van der Waals surface area (Å²) in [4.78, 5) is 17.0. The Morgan fingerprint density at radius 3 is 2.64 bits per heavy atom. The van der Waals surface area contributed by atoms with E-state index in [9.17, 15) is 4.79 Å². The van der Waals surface area contributed by atoms with Crippen molar-refractivity contribution in [2.75, 3.05) is 0 Å². The van der Waals surface area contributed by atoms with Gasteiger partial charge >= 0.3 is 0 Å². The van der Waals surface area contributed by atoms with Crippen LogP contribution in [0, 0.1) is 13.8 Å². The number of aryl methyl sites for hydroxylation is 3. The molecule has 3 rings (SSSR count). The Balaban J connectivity index is 1.74. The molecule has 0 aliphatic rings. The minimum absolute atomic E-state index is 0.0307. The van der Waals surface area contributed by atoms with Crippen molar-refractivity contribution in [2.24, 2.45) is 7.05 Å². The minimum Gasteiger partial charge on any atom is -0.361 e. The van der Waals surface area contributed by atoms with Crippen molar-refractivity contribution in [3.05, 3.63) is 71.1 Å². The van der Waals surface area contributed by atoms with E-state index in [-0.39, 0.29) is 11.9 Å². The molecule has 0 saturated carbocycles. The summed E-state index contributed by atoms with van der Waals surface area (Å²) >= 11 is 0. The molecule has 130 valence electrons. The maximum Gasteiger partial charge on any atom is 0.221 e. The first-order valence-corrected chi connectivity index (χ1v) is 8.29. The van der Waals surface area contributed by atoms with Gasteiger partial charge in [0.15, 0.2) is 0 Å². The summed E-state index contributed by atoms with van der Waals surface area (Å²) in [5.41, 5.74) is 2.85. The second-order valence-electron chi connectivity index (χ2n) is 6.11. The van der Waals surface area contributed by atoms with Crippen LogP contribution in [0.2, 0.25) is 0 Å². The highest BCUT2D eigenvalue weighted by molar-refractivity contribution is 5.77. The van der Waals surface area contributed by atoms with Crippen LogP contribution in [0.25, 0.3) is 0 Å². The Kier molecular flexibility index (Phi) is 4.97. The van der Waals surface area contributed by atoms with E-state index in [1.807, 2.05) is 62.0 Å². The Morgan fingerprint density at radius 2 is 2.04 bits per heavy atom. The van der Waals surface area contributed by atoms with E-state index >= 15 is 0 Å². The number of hydrogen-bond donors (Lipinski definition) is 1. The number of amides is 1. The van der Waals surface area contributed by atoms with Gasteiger partial charge in [0.2, 0.25) is 5.91 Å². The highest BCUT2D eigenvalue weighted by atomic mass is 16.5. The molecular weight excluding hydrogens is 316 g/mol. The molecule has 0 aliphatic carbocycles. The fourth-order valence-electron chi connectivity index (χ4n) is 2.93. The van der Waals surface area contributed by atoms with Crippen molar-refractivity contribution in [1.82, 2.24) is 20.0 Å². The molecule has 0 unspecified atom stereocenters. The van der Waals surface area contributed by atoms with E-state index in [1.54, 1.807) is 6.20 Å². The lowest BCUT2D eigenvalue weighted by Crippen LogP contribution is -2.31. The number of aromatic nitrogens is 3. The van der Waals surface area contributed by atoms with Crippen LogP contribution in [0.3, 0.4) is 0 Å². The summed E-state index contributed by atoms with van der Waals surface area (Å²) < 4.78 is 7.08. The van der Waals surface area contributed by atoms with Crippen molar-refractivity contribution in [1.29, 1.82) is 0 Å². The summed E-state index contributed by atoms with van der Waals surface area (Å²) in [5.74, 6) is 1.54. The molecule has 6 nitrogen and oxygen atoms in total. The lowest BCUT2D eigenvalue weighted by molar-refractivity contribution is -0.121. The van der Waals surface area contributed by atoms with Gasteiger partial charge < -0.3 is 14.4 Å². The maximum absolute atomic E-state index is 12.6. The molecule has 2 aromatic heterocycles. The van der Waals surface area contributed by atoms with E-state index in [2.05, 4.69) is 15.5 Å². The third kappa shape index (κ3) is 3.79. The molecule has 0 fully saturated rings. The van der Waals surface area contributed by atoms with Crippen molar-refractivity contribution >= 4 is 5.91 Å². The van der Waals surface area contributed by atoms with Gasteiger partial charge in [-0.3, -0.25) is 4.79 Å². The Bertz CT molecular complexity index is 832. The molecule has 1 N–H and O–H groups in total. The zero-order valence-corrected chi connectivity index (χ0v) is 14.7. The summed E-state index contributed by atoms with van der Waals surface area (Å²) in [5, 5.41) is 7.04. The van der Waals surface area contributed by atoms with E-state index in [0.717, 1.165) is 28.4 Å². The van der Waals surface area contributed by atoms with Crippen LogP contribution in [-0.2, 0) is 18.3 Å². The predicted molar refractivity (Wildman–Crippen MR) is 93.9 cm³/mol. The second-order valence-corrected chi connectivity index (χ2v) is 6.11. The number of nitrogens with one attached hydrogen (secondary N) is 1. The molecule has 2 heterocycles. The average molecular weight is 338 g/mol. The Morgan fingerprint density at radius 1 is 1.28 bits per heavy atom. The third-order valence-electron chi connectivity index (χ3n) is 4.34. The number of rotatable bonds is 6. The topological polar surface area (TPSA) is 73.0 Å². The standard InChI is InChI=1S/C19H22N4O2/c1-13-16(14(2)25-22-13)9-10-17(24)21-18(15-7-5-4-6-8-15)19-20-11-12-23(19)3/h4-8,11-12,18H,9-10H2,1-3H3,(H,21,24)/t18-/m0/s1. The quantitative estimate of drug-likeness (QED) is 0.750. The fourth-order valence-corrected chi connectivity index (χ4v) is 2.93. The zero-order chi connectivity index (χ0) is 17.8. The molecule has 0 radical (unpaired) electrons. The first-order chi connectivity index (χ1) is 12.1. The summed E-state index contributed by atoms with van der Waals surface area (Å²) in [6.07, 6.45) is 4.59. The highest BCUT2D eigenvalue weighted by Gasteiger charge is 2.21. The van der Waals surface area contributed by atoms with Gasteiger partial charge in [-0.25, -0.2) is 4.98 Å². The van der Waals surface area contributed by atoms with Crippen molar-refractivity contribution < 1.29 is 9.32 Å². The molecule has 1 amide bonds. The number of nitrogens with zero attached hydrogens (tertiary/aromatic N) is 3. The van der Waals surface area contributed by atoms with Crippen LogP contribution in [-0.4, -0.2) is 20.6 Å². The minimum atomic E-state index is -0.279. The lowest BCUT2D eigenvalue weighted by atomic mass is 10.0. The summed E-state index contributed by atoms with van der Waals surface area (Å²) in [7, 11) is 1.92. The molecule has 0 aliphatic heterocycles. The van der Waals surface area contributed by atoms with Crippen LogP contribution in [0.1, 0.15) is 40.9 Å². The smallest absolute Gasteiger partial charge is 0.221 e. The summed E-state index contributed by atoms with van der Waals surface area (Å²) in [6, 6.07) is 9.58. The van der Waals surface area contributed by atoms with Gasteiger partial charge in [-0.1, -0.05) is 35.5 Å². The van der Waals surface area contributed by atoms with Crippen molar-refractivity contribution in [2.45, 2.75) is 32.7 Å². The molecule has 0 spiro atoms. The number of carbonyl (C=O) groups is 1. The van der Waals surface area contributed by atoms with Gasteiger partial charge in [-0.05, 0) is 25.8 Å².